The maximum Gasteiger partial charge on any atom is 0.573 e. The van der Waals surface area contributed by atoms with Gasteiger partial charge in [0.15, 0.2) is 12.8 Å². The van der Waals surface area contributed by atoms with Crippen LogP contribution < -0.4 is 20.1 Å². The van der Waals surface area contributed by atoms with E-state index >= 15 is 0 Å². The van der Waals surface area contributed by atoms with Crippen LogP contribution in [-0.2, 0) is 24.3 Å². The lowest BCUT2D eigenvalue weighted by Crippen LogP contribution is -2.38. The first-order valence-corrected chi connectivity index (χ1v) is 9.73. The van der Waals surface area contributed by atoms with Crippen LogP contribution >= 0.6 is 24.0 Å². The number of halogens is 5. The second-order valence-electron chi connectivity index (χ2n) is 6.69. The average Bonchev–Trinajstić information content (AvgIpc) is 2.71. The predicted molar refractivity (Wildman–Crippen MR) is 122 cm³/mol. The van der Waals surface area contributed by atoms with E-state index in [9.17, 15) is 17.6 Å². The third-order valence-corrected chi connectivity index (χ3v) is 4.39. The lowest BCUT2D eigenvalue weighted by molar-refractivity contribution is -0.274. The maximum atomic E-state index is 13.9. The molecule has 0 spiro atoms. The van der Waals surface area contributed by atoms with Crippen molar-refractivity contribution < 1.29 is 31.8 Å². The molecule has 6 nitrogen and oxygen atoms in total. The molecule has 1 aliphatic heterocycles. The van der Waals surface area contributed by atoms with Crippen LogP contribution in [0.5, 0.6) is 11.5 Å². The summed E-state index contributed by atoms with van der Waals surface area (Å²) >= 11 is 0. The molecule has 0 aliphatic carbocycles. The van der Waals surface area contributed by atoms with Gasteiger partial charge in [0.05, 0.1) is 13.2 Å². The van der Waals surface area contributed by atoms with E-state index in [0.717, 1.165) is 0 Å². The van der Waals surface area contributed by atoms with Crippen LogP contribution in [0.4, 0.5) is 17.6 Å². The van der Waals surface area contributed by atoms with Gasteiger partial charge < -0.3 is 24.8 Å². The smallest absolute Gasteiger partial charge is 0.467 e. The van der Waals surface area contributed by atoms with Gasteiger partial charge in [-0.2, -0.15) is 0 Å². The fourth-order valence-corrected chi connectivity index (χ4v) is 3.12. The number of benzene rings is 2. The molecule has 0 radical (unpaired) electrons. The Balaban J connectivity index is 0.00000363. The molecule has 0 fully saturated rings. The molecule has 0 amide bonds. The largest absolute Gasteiger partial charge is 0.573 e. The molecule has 0 aromatic heterocycles. The van der Waals surface area contributed by atoms with Crippen LogP contribution in [0.1, 0.15) is 23.6 Å². The highest BCUT2D eigenvalue weighted by molar-refractivity contribution is 14.0. The van der Waals surface area contributed by atoms with Crippen molar-refractivity contribution in [1.29, 1.82) is 0 Å². The van der Waals surface area contributed by atoms with Crippen LogP contribution in [0.2, 0.25) is 0 Å². The first kappa shape index (κ1) is 26.0. The summed E-state index contributed by atoms with van der Waals surface area (Å²) < 4.78 is 66.4. The van der Waals surface area contributed by atoms with Crippen molar-refractivity contribution in [3.05, 3.63) is 58.9 Å². The third kappa shape index (κ3) is 7.69. The van der Waals surface area contributed by atoms with Gasteiger partial charge in [0.25, 0.3) is 0 Å². The van der Waals surface area contributed by atoms with E-state index in [1.807, 2.05) is 6.92 Å². The summed E-state index contributed by atoms with van der Waals surface area (Å²) in [6, 6.07) is 8.65. The highest BCUT2D eigenvalue weighted by Crippen LogP contribution is 2.30. The summed E-state index contributed by atoms with van der Waals surface area (Å²) in [5.41, 5.74) is 1.65. The Morgan fingerprint density at radius 1 is 1.16 bits per heavy atom. The molecule has 1 heterocycles. The number of alkyl halides is 3. The number of nitrogens with zero attached hydrogens (tertiary/aromatic N) is 1. The Morgan fingerprint density at radius 2 is 1.94 bits per heavy atom. The first-order chi connectivity index (χ1) is 14.9. The molecule has 2 N–H and O–H groups in total. The monoisotopic (exact) mass is 569 g/mol. The number of guanidine groups is 1. The van der Waals surface area contributed by atoms with E-state index in [1.54, 1.807) is 6.07 Å². The molecule has 3 rings (SSSR count). The van der Waals surface area contributed by atoms with Crippen molar-refractivity contribution in [1.82, 2.24) is 10.6 Å². The normalized spacial score (nSPS) is 13.5. The predicted octanol–water partition coefficient (Wildman–Crippen LogP) is 4.51. The van der Waals surface area contributed by atoms with E-state index in [4.69, 9.17) is 9.47 Å². The number of aliphatic imine (C=N–C) groups is 1. The van der Waals surface area contributed by atoms with Crippen LogP contribution in [0.25, 0.3) is 0 Å². The topological polar surface area (TPSA) is 64.1 Å². The summed E-state index contributed by atoms with van der Waals surface area (Å²) in [4.78, 5) is 4.33. The van der Waals surface area contributed by atoms with Gasteiger partial charge in [0.1, 0.15) is 17.3 Å². The molecule has 32 heavy (non-hydrogen) atoms. The van der Waals surface area contributed by atoms with Crippen molar-refractivity contribution in [3.8, 4) is 11.5 Å². The van der Waals surface area contributed by atoms with Gasteiger partial charge >= 0.3 is 6.36 Å². The van der Waals surface area contributed by atoms with Gasteiger partial charge in [-0.15, -0.1) is 37.1 Å². The second kappa shape index (κ2) is 12.1. The zero-order chi connectivity index (χ0) is 22.3. The molecule has 2 aromatic carbocycles. The van der Waals surface area contributed by atoms with Crippen molar-refractivity contribution in [2.24, 2.45) is 4.99 Å². The second-order valence-corrected chi connectivity index (χ2v) is 6.69. The van der Waals surface area contributed by atoms with Gasteiger partial charge in [-0.25, -0.2) is 9.38 Å². The van der Waals surface area contributed by atoms with E-state index < -0.39 is 6.36 Å². The molecule has 0 saturated heterocycles. The molecule has 0 atom stereocenters. The lowest BCUT2D eigenvalue weighted by Gasteiger charge is -2.21. The highest BCUT2D eigenvalue weighted by Gasteiger charge is 2.31. The highest BCUT2D eigenvalue weighted by atomic mass is 127. The quantitative estimate of drug-likeness (QED) is 0.223. The summed E-state index contributed by atoms with van der Waals surface area (Å²) in [6.07, 6.45) is -4.32. The molecule has 0 unspecified atom stereocenters. The minimum atomic E-state index is -4.78. The molecular formula is C21H24F4IN3O3. The van der Waals surface area contributed by atoms with Gasteiger partial charge in [-0.3, -0.25) is 0 Å². The van der Waals surface area contributed by atoms with Crippen molar-refractivity contribution >= 4 is 29.9 Å². The number of nitrogens with one attached hydrogen (secondary N) is 2. The fraction of sp³-hybridized carbons (Fsp3) is 0.381. The Bertz CT molecular complexity index is 926. The Labute approximate surface area is 200 Å². The van der Waals surface area contributed by atoms with Gasteiger partial charge in [-0.1, -0.05) is 18.2 Å². The average molecular weight is 569 g/mol. The third-order valence-electron chi connectivity index (χ3n) is 4.39. The van der Waals surface area contributed by atoms with Crippen molar-refractivity contribution in [3.63, 3.8) is 0 Å². The van der Waals surface area contributed by atoms with Gasteiger partial charge in [0, 0.05) is 24.2 Å². The molecule has 0 bridgehead atoms. The maximum absolute atomic E-state index is 13.9. The van der Waals surface area contributed by atoms with E-state index in [0.29, 0.717) is 47.9 Å². The minimum absolute atomic E-state index is 0. The van der Waals surface area contributed by atoms with Crippen LogP contribution in [0, 0.1) is 5.82 Å². The Hall–Kier alpha value is -2.28. The number of rotatable bonds is 7. The van der Waals surface area contributed by atoms with Crippen LogP contribution in [0.15, 0.2) is 41.4 Å². The summed E-state index contributed by atoms with van der Waals surface area (Å²) in [6.45, 7) is 3.22. The Morgan fingerprint density at radius 3 is 2.69 bits per heavy atom. The van der Waals surface area contributed by atoms with Crippen LogP contribution in [0.3, 0.4) is 0 Å². The number of ether oxygens (including phenoxy) is 3. The van der Waals surface area contributed by atoms with E-state index in [-0.39, 0.29) is 55.5 Å². The van der Waals surface area contributed by atoms with Crippen molar-refractivity contribution in [2.45, 2.75) is 32.9 Å². The van der Waals surface area contributed by atoms with Crippen LogP contribution in [-0.4, -0.2) is 32.2 Å². The number of para-hydroxylation sites is 1. The standard InChI is InChI=1S/C21H23F4N3O3.HI/c1-2-26-20(28-11-15-5-3-4-6-18(15)31-21(23,24)25)27-8-7-14-9-17(22)10-16-12-29-13-30-19(14)16;/h3-6,9-10H,2,7-8,11-13H2,1H3,(H2,26,27,28);1H. The fourth-order valence-electron chi connectivity index (χ4n) is 3.12. The number of fused-ring (bicyclic) bond motifs is 1. The molecule has 2 aromatic rings. The molecule has 176 valence electrons. The molecule has 0 saturated carbocycles. The molecular weight excluding hydrogens is 545 g/mol. The van der Waals surface area contributed by atoms with Gasteiger partial charge in [0.2, 0.25) is 0 Å². The van der Waals surface area contributed by atoms with E-state index in [2.05, 4.69) is 20.4 Å². The number of hydrogen-bond donors (Lipinski definition) is 2. The summed E-state index contributed by atoms with van der Waals surface area (Å²) in [5.74, 6) is 0.374. The molecule has 1 aliphatic rings. The SMILES string of the molecule is CCNC(=NCc1ccccc1OC(F)(F)F)NCCc1cc(F)cc2c1OCOC2.I. The zero-order valence-corrected chi connectivity index (χ0v) is 19.6. The molecule has 11 heteroatoms. The van der Waals surface area contributed by atoms with Gasteiger partial charge in [-0.05, 0) is 37.1 Å². The first-order valence-electron chi connectivity index (χ1n) is 9.73. The Kier molecular flexibility index (Phi) is 9.82. The summed E-state index contributed by atoms with van der Waals surface area (Å²) in [5, 5.41) is 6.13. The lowest BCUT2D eigenvalue weighted by atomic mass is 10.1. The summed E-state index contributed by atoms with van der Waals surface area (Å²) in [7, 11) is 0. The number of hydrogen-bond acceptors (Lipinski definition) is 4. The van der Waals surface area contributed by atoms with Crippen molar-refractivity contribution in [2.75, 3.05) is 19.9 Å². The minimum Gasteiger partial charge on any atom is -0.467 e. The zero-order valence-electron chi connectivity index (χ0n) is 17.3. The van der Waals surface area contributed by atoms with E-state index in [1.165, 1.54) is 30.3 Å².